The van der Waals surface area contributed by atoms with Crippen LogP contribution in [-0.2, 0) is 71.0 Å². The maximum Gasteiger partial charge on any atom is 0 e. The topological polar surface area (TPSA) is 146 Å². The van der Waals surface area contributed by atoms with Gasteiger partial charge in [0.2, 0.25) is 0 Å². The fraction of sp³-hybridized carbons (Fsp3) is 0.350. The molecule has 0 rings (SSSR count). The second-order valence-electron chi connectivity index (χ2n) is 3.56. The van der Waals surface area contributed by atoms with Crippen molar-refractivity contribution in [3.8, 4) is 11.8 Å². The van der Waals surface area contributed by atoms with E-state index in [1.165, 1.54) is 13.0 Å². The Morgan fingerprint density at radius 1 is 0.900 bits per heavy atom. The number of rotatable bonds is 6. The second-order valence-corrected chi connectivity index (χ2v) is 3.56. The van der Waals surface area contributed by atoms with Gasteiger partial charge in [-0.15, -0.1) is 6.58 Å². The molecule has 30 heavy (non-hydrogen) atoms. The maximum absolute atomic E-state index is 10.8. The van der Waals surface area contributed by atoms with Crippen molar-refractivity contribution < 1.29 is 71.0 Å². The zero-order valence-electron chi connectivity index (χ0n) is 16.3. The van der Waals surface area contributed by atoms with Crippen LogP contribution in [0.4, 0.5) is 0 Å². The molecule has 0 saturated heterocycles. The van der Waals surface area contributed by atoms with Gasteiger partial charge < -0.3 is 4.74 Å². The number of esters is 1. The quantitative estimate of drug-likeness (QED) is 0.179. The molecule has 0 saturated carbocycles. The first-order valence-corrected chi connectivity index (χ1v) is 6.78. The third kappa shape index (κ3) is 72.3. The van der Waals surface area contributed by atoms with E-state index in [9.17, 15) is 4.79 Å². The molecule has 0 aliphatic rings. The van der Waals surface area contributed by atoms with Crippen molar-refractivity contribution >= 4 is 5.97 Å². The van der Waals surface area contributed by atoms with Crippen LogP contribution in [0.2, 0.25) is 0 Å². The van der Waals surface area contributed by atoms with E-state index in [4.69, 9.17) is 32.6 Å². The minimum Gasteiger partial charge on any atom is 0 e. The van der Waals surface area contributed by atoms with Gasteiger partial charge in [-0.3, -0.25) is 4.79 Å². The van der Waals surface area contributed by atoms with Gasteiger partial charge in [-0.25, -0.2) is 0 Å². The van der Waals surface area contributed by atoms with Crippen LogP contribution < -0.4 is 0 Å². The summed E-state index contributed by atoms with van der Waals surface area (Å²) < 4.78 is 49.9. The van der Waals surface area contributed by atoms with E-state index in [1.54, 1.807) is 0 Å². The molecule has 166 valence electrons. The van der Waals surface area contributed by atoms with Crippen LogP contribution in [0.3, 0.4) is 0 Å². The van der Waals surface area contributed by atoms with Gasteiger partial charge in [0.25, 0.3) is 0 Å². The average molecular weight is 506 g/mol. The maximum atomic E-state index is 10.8. The molecule has 0 heterocycles. The summed E-state index contributed by atoms with van der Waals surface area (Å²) in [5.41, 5.74) is 0. The summed E-state index contributed by atoms with van der Waals surface area (Å²) in [6.45, 7) is 37.8. The van der Waals surface area contributed by atoms with E-state index in [2.05, 4.69) is 71.8 Å². The number of ether oxygens (including phenoxy) is 1. The smallest absolute Gasteiger partial charge is 0 e. The van der Waals surface area contributed by atoms with Gasteiger partial charge in [0.1, 0.15) is 0 Å². The predicted molar refractivity (Wildman–Crippen MR) is 90.3 cm³/mol. The van der Waals surface area contributed by atoms with E-state index < -0.39 is 6.10 Å². The Labute approximate surface area is 199 Å². The number of hydrogen-bond acceptors (Lipinski definition) is 2. The van der Waals surface area contributed by atoms with Crippen LogP contribution in [0.1, 0.15) is 33.1 Å². The van der Waals surface area contributed by atoms with Gasteiger partial charge >= 0.3 is 73.8 Å². The first-order valence-electron chi connectivity index (χ1n) is 6.78. The van der Waals surface area contributed by atoms with E-state index in [0.717, 1.165) is 19.3 Å². The van der Waals surface area contributed by atoms with Crippen LogP contribution in [0.15, 0.2) is 25.3 Å². The molecule has 8 nitrogen and oxygen atoms in total. The molecule has 10 heteroatoms. The Kier molecular flexibility index (Phi) is 153. The van der Waals surface area contributed by atoms with E-state index >= 15 is 0 Å². The van der Waals surface area contributed by atoms with Crippen molar-refractivity contribution in [1.82, 2.24) is 0 Å². The summed E-state index contributed by atoms with van der Waals surface area (Å²) in [6, 6.07) is 0. The van der Waals surface area contributed by atoms with Gasteiger partial charge in [0, 0.05) is 46.4 Å². The van der Waals surface area contributed by atoms with E-state index in [1.807, 2.05) is 6.08 Å². The molecule has 0 aromatic heterocycles. The second kappa shape index (κ2) is 81.2. The summed E-state index contributed by atoms with van der Waals surface area (Å²) >= 11 is 0. The van der Waals surface area contributed by atoms with Gasteiger partial charge in [-0.05, 0) is 18.9 Å². The summed E-state index contributed by atoms with van der Waals surface area (Å²) in [5, 5.41) is 0. The normalized spacial score (nSPS) is 7.27. The molecule has 2 unspecified atom stereocenters. The SMILES string of the molecule is C=CCC(C#CC(C=C)OC(C)=O)CCC.[C-]#[O+].[C-]#[O+].[C-]#[O+].[C-]#[O+].[C-]#[O+].[C-]#[O+].[Co].[Co]. The van der Waals surface area contributed by atoms with Crippen LogP contribution in [0.5, 0.6) is 0 Å². The summed E-state index contributed by atoms with van der Waals surface area (Å²) in [7, 11) is 0. The molecule has 0 spiro atoms. The Balaban J connectivity index is -0.0000000386. The van der Waals surface area contributed by atoms with Gasteiger partial charge in [0.15, 0.2) is 6.10 Å². The van der Waals surface area contributed by atoms with Crippen LogP contribution in [0.25, 0.3) is 0 Å². The fourth-order valence-electron chi connectivity index (χ4n) is 1.31. The average Bonchev–Trinajstić information content (AvgIpc) is 2.79. The third-order valence-electron chi connectivity index (χ3n) is 2.03. The van der Waals surface area contributed by atoms with Gasteiger partial charge in [-0.2, -0.15) is 0 Å². The molecule has 0 aromatic rings. The Morgan fingerprint density at radius 3 is 1.50 bits per heavy atom. The standard InChI is InChI=1S/C14H20O2.6CO.2Co/c1-5-8-13(9-6-2)10-11-14(7-3)16-12(4)15;6*1-2;;/h5,7,13-14H,1,3,6,8-9H2,2,4H3;;;;;;;;. The molecule has 0 fully saturated rings. The molecule has 0 bridgehead atoms. The van der Waals surface area contributed by atoms with Crippen molar-refractivity contribution in [2.24, 2.45) is 5.92 Å². The summed E-state index contributed by atoms with van der Waals surface area (Å²) in [4.78, 5) is 10.8. The van der Waals surface area contributed by atoms with Gasteiger partial charge in [-0.1, -0.05) is 37.8 Å². The first-order chi connectivity index (χ1) is 13.6. The van der Waals surface area contributed by atoms with Crippen LogP contribution in [-0.4, -0.2) is 12.1 Å². The molecule has 2 atom stereocenters. The molecule has 0 aliphatic carbocycles. The molecular formula is C20H20Co2O8. The molecular weight excluding hydrogens is 486 g/mol. The number of hydrogen-bond donors (Lipinski definition) is 0. The Bertz CT molecular complexity index is 488. The Morgan fingerprint density at radius 2 is 1.27 bits per heavy atom. The number of carbonyl (C=O) groups excluding carboxylic acids is 1. The first kappa shape index (κ1) is 56.5. The summed E-state index contributed by atoms with van der Waals surface area (Å²) in [5.74, 6) is 5.97. The molecule has 0 N–H and O–H groups in total. The Hall–Kier alpha value is -2.04. The molecule has 2 radical (unpaired) electrons. The van der Waals surface area contributed by atoms with E-state index in [0.29, 0.717) is 5.92 Å². The van der Waals surface area contributed by atoms with Gasteiger partial charge in [0.05, 0.1) is 0 Å². The fourth-order valence-corrected chi connectivity index (χ4v) is 1.31. The molecule has 0 amide bonds. The minimum atomic E-state index is -0.498. The molecule has 0 aliphatic heterocycles. The number of allylic oxidation sites excluding steroid dienone is 1. The summed E-state index contributed by atoms with van der Waals surface area (Å²) in [6.07, 6.45) is 5.88. The van der Waals surface area contributed by atoms with E-state index in [-0.39, 0.29) is 39.5 Å². The predicted octanol–water partition coefficient (Wildman–Crippen LogP) is 2.87. The van der Waals surface area contributed by atoms with Crippen LogP contribution >= 0.6 is 0 Å². The molecule has 0 aromatic carbocycles. The third-order valence-corrected chi connectivity index (χ3v) is 2.03. The monoisotopic (exact) mass is 506 g/mol. The zero-order valence-corrected chi connectivity index (χ0v) is 18.4. The minimum absolute atomic E-state index is 0. The van der Waals surface area contributed by atoms with Crippen molar-refractivity contribution in [3.05, 3.63) is 65.2 Å². The van der Waals surface area contributed by atoms with Crippen molar-refractivity contribution in [1.29, 1.82) is 0 Å². The largest absolute Gasteiger partial charge is 0 e. The van der Waals surface area contributed by atoms with Crippen LogP contribution in [0, 0.1) is 57.7 Å². The van der Waals surface area contributed by atoms with Crippen molar-refractivity contribution in [2.45, 2.75) is 39.2 Å². The van der Waals surface area contributed by atoms with Crippen molar-refractivity contribution in [2.75, 3.05) is 0 Å². The zero-order chi connectivity index (χ0) is 24.4. The van der Waals surface area contributed by atoms with Crippen molar-refractivity contribution in [3.63, 3.8) is 0 Å². The number of carbonyl (C=O) groups is 1.